The van der Waals surface area contributed by atoms with Crippen molar-refractivity contribution in [2.45, 2.75) is 158 Å². The quantitative estimate of drug-likeness (QED) is 0.411. The molecule has 0 aromatic heterocycles. The Hall–Kier alpha value is -0.120. The highest BCUT2D eigenvalue weighted by Gasteiger charge is 2.39. The van der Waals surface area contributed by atoms with Gasteiger partial charge in [0.2, 0.25) is 0 Å². The molecule has 2 aliphatic heterocycles. The predicted molar refractivity (Wildman–Crippen MR) is 154 cm³/mol. The maximum absolute atomic E-state index is 2.65. The monoisotopic (exact) mass is 470 g/mol. The van der Waals surface area contributed by atoms with E-state index in [-0.39, 0.29) is 0 Å². The van der Waals surface area contributed by atoms with Crippen molar-refractivity contribution in [2.75, 3.05) is 33.7 Å². The largest absolute Gasteiger partial charge is 0.301 e. The summed E-state index contributed by atoms with van der Waals surface area (Å²) in [5.74, 6) is 0.974. The number of hydrogen-bond donors (Lipinski definition) is 0. The molecule has 0 radical (unpaired) electrons. The Labute approximate surface area is 212 Å². The molecular formula is C30H67N3. The summed E-state index contributed by atoms with van der Waals surface area (Å²) >= 11 is 0. The van der Waals surface area contributed by atoms with Crippen molar-refractivity contribution in [1.82, 2.24) is 14.7 Å². The standard InChI is InChI=1S/C13H26N2.C11H23N.3C2H6/c1-12(2)15-10-5-7-13(8-11-15)6-4-9-14(13)3;1-9(2)12(4)11-7-5-10(3)6-8-11;3*1-2/h12H,4-11H2,1-3H3;9-11H,5-8H2,1-4H3;3*1-2H3. The molecule has 33 heavy (non-hydrogen) atoms. The average Bonchev–Trinajstić information content (AvgIpc) is 3.05. The van der Waals surface area contributed by atoms with Crippen LogP contribution in [0.1, 0.15) is 134 Å². The van der Waals surface area contributed by atoms with Crippen LogP contribution >= 0.6 is 0 Å². The van der Waals surface area contributed by atoms with Crippen molar-refractivity contribution in [1.29, 1.82) is 0 Å². The van der Waals surface area contributed by atoms with Crippen LogP contribution in [-0.2, 0) is 0 Å². The average molecular weight is 470 g/mol. The first kappa shape index (κ1) is 35.0. The van der Waals surface area contributed by atoms with Crippen LogP contribution in [0.3, 0.4) is 0 Å². The van der Waals surface area contributed by atoms with Gasteiger partial charge in [0, 0.05) is 30.2 Å². The minimum atomic E-state index is 0.573. The van der Waals surface area contributed by atoms with Crippen molar-refractivity contribution >= 4 is 0 Å². The smallest absolute Gasteiger partial charge is 0.0219 e. The van der Waals surface area contributed by atoms with E-state index in [2.05, 4.69) is 63.4 Å². The molecule has 0 aromatic rings. The maximum Gasteiger partial charge on any atom is 0.0219 e. The number of nitrogens with zero attached hydrogens (tertiary/aromatic N) is 3. The van der Waals surface area contributed by atoms with Crippen molar-refractivity contribution in [3.05, 3.63) is 0 Å². The lowest BCUT2D eigenvalue weighted by molar-refractivity contribution is 0.139. The molecule has 3 heteroatoms. The second kappa shape index (κ2) is 20.1. The summed E-state index contributed by atoms with van der Waals surface area (Å²) in [6.07, 6.45) is 12.7. The van der Waals surface area contributed by atoms with Crippen molar-refractivity contribution < 1.29 is 0 Å². The number of rotatable bonds is 3. The normalized spacial score (nSPS) is 28.0. The molecule has 1 saturated carbocycles. The summed E-state index contributed by atoms with van der Waals surface area (Å²) in [6.45, 7) is 27.6. The van der Waals surface area contributed by atoms with Gasteiger partial charge >= 0.3 is 0 Å². The third-order valence-electron chi connectivity index (χ3n) is 8.00. The fourth-order valence-corrected chi connectivity index (χ4v) is 5.49. The van der Waals surface area contributed by atoms with Gasteiger partial charge < -0.3 is 14.7 Å². The second-order valence-corrected chi connectivity index (χ2v) is 10.4. The Morgan fingerprint density at radius 3 is 1.61 bits per heavy atom. The molecule has 0 N–H and O–H groups in total. The summed E-state index contributed by atoms with van der Waals surface area (Å²) in [7, 11) is 4.60. The van der Waals surface area contributed by atoms with Gasteiger partial charge in [-0.1, -0.05) is 48.5 Å². The van der Waals surface area contributed by atoms with Crippen molar-refractivity contribution in [3.63, 3.8) is 0 Å². The Bertz CT molecular complexity index is 415. The number of likely N-dealkylation sites (tertiary alicyclic amines) is 2. The van der Waals surface area contributed by atoms with Gasteiger partial charge in [0.1, 0.15) is 0 Å². The van der Waals surface area contributed by atoms with Crippen LogP contribution in [0.4, 0.5) is 0 Å². The van der Waals surface area contributed by atoms with Gasteiger partial charge in [-0.3, -0.25) is 0 Å². The third kappa shape index (κ3) is 12.4. The molecule has 1 aliphatic carbocycles. The molecule has 1 spiro atoms. The van der Waals surface area contributed by atoms with Gasteiger partial charge in [-0.15, -0.1) is 0 Å². The van der Waals surface area contributed by atoms with E-state index in [0.717, 1.165) is 18.0 Å². The van der Waals surface area contributed by atoms with E-state index in [4.69, 9.17) is 0 Å². The summed E-state index contributed by atoms with van der Waals surface area (Å²) in [4.78, 5) is 7.82. The van der Waals surface area contributed by atoms with Crippen molar-refractivity contribution in [3.8, 4) is 0 Å². The van der Waals surface area contributed by atoms with Crippen LogP contribution in [0, 0.1) is 5.92 Å². The van der Waals surface area contributed by atoms with E-state index < -0.39 is 0 Å². The van der Waals surface area contributed by atoms with Crippen LogP contribution in [0.25, 0.3) is 0 Å². The van der Waals surface area contributed by atoms with E-state index in [1.54, 1.807) is 0 Å². The molecule has 0 bridgehead atoms. The van der Waals surface area contributed by atoms with E-state index in [9.17, 15) is 0 Å². The van der Waals surface area contributed by atoms with Crippen LogP contribution in [0.2, 0.25) is 0 Å². The molecule has 2 saturated heterocycles. The zero-order valence-corrected chi connectivity index (χ0v) is 25.6. The molecule has 1 unspecified atom stereocenters. The van der Waals surface area contributed by atoms with E-state index in [1.807, 2.05) is 41.5 Å². The number of hydrogen-bond acceptors (Lipinski definition) is 3. The molecule has 2 heterocycles. The second-order valence-electron chi connectivity index (χ2n) is 10.4. The fourth-order valence-electron chi connectivity index (χ4n) is 5.49. The molecule has 3 rings (SSSR count). The first-order valence-electron chi connectivity index (χ1n) is 14.9. The summed E-state index contributed by atoms with van der Waals surface area (Å²) < 4.78 is 0. The molecule has 202 valence electrons. The van der Waals surface area contributed by atoms with E-state index >= 15 is 0 Å². The highest BCUT2D eigenvalue weighted by atomic mass is 15.2. The molecule has 3 nitrogen and oxygen atoms in total. The third-order valence-corrected chi connectivity index (χ3v) is 8.00. The topological polar surface area (TPSA) is 9.72 Å². The molecule has 3 aliphatic rings. The van der Waals surface area contributed by atoms with Crippen LogP contribution in [-0.4, -0.2) is 72.1 Å². The Kier molecular flexibility index (Phi) is 21.4. The van der Waals surface area contributed by atoms with Gasteiger partial charge in [-0.2, -0.15) is 0 Å². The van der Waals surface area contributed by atoms with Gasteiger partial charge in [0.25, 0.3) is 0 Å². The highest BCUT2D eigenvalue weighted by molar-refractivity contribution is 4.96. The van der Waals surface area contributed by atoms with Gasteiger partial charge in [0.15, 0.2) is 0 Å². The Morgan fingerprint density at radius 1 is 0.727 bits per heavy atom. The van der Waals surface area contributed by atoms with Gasteiger partial charge in [0.05, 0.1) is 0 Å². The predicted octanol–water partition coefficient (Wildman–Crippen LogP) is 8.33. The molecule has 0 aromatic carbocycles. The fraction of sp³-hybridized carbons (Fsp3) is 1.00. The molecule has 1 atom stereocenters. The van der Waals surface area contributed by atoms with Gasteiger partial charge in [-0.05, 0) is 119 Å². The summed E-state index contributed by atoms with van der Waals surface area (Å²) in [5.41, 5.74) is 0.573. The van der Waals surface area contributed by atoms with E-state index in [0.29, 0.717) is 11.6 Å². The Balaban J connectivity index is 0. The first-order chi connectivity index (χ1) is 15.7. The summed E-state index contributed by atoms with van der Waals surface area (Å²) in [6, 6.07) is 2.30. The summed E-state index contributed by atoms with van der Waals surface area (Å²) in [5, 5.41) is 0. The minimum Gasteiger partial charge on any atom is -0.301 e. The lowest BCUT2D eigenvalue weighted by Gasteiger charge is -2.35. The van der Waals surface area contributed by atoms with E-state index in [1.165, 1.54) is 77.4 Å². The van der Waals surface area contributed by atoms with Gasteiger partial charge in [-0.25, -0.2) is 0 Å². The van der Waals surface area contributed by atoms with Crippen LogP contribution < -0.4 is 0 Å². The van der Waals surface area contributed by atoms with Crippen LogP contribution in [0.15, 0.2) is 0 Å². The molecular weight excluding hydrogens is 402 g/mol. The van der Waals surface area contributed by atoms with Crippen molar-refractivity contribution in [2.24, 2.45) is 5.92 Å². The highest BCUT2D eigenvalue weighted by Crippen LogP contribution is 2.37. The first-order valence-corrected chi connectivity index (χ1v) is 14.9. The zero-order chi connectivity index (χ0) is 26.0. The lowest BCUT2D eigenvalue weighted by atomic mass is 9.86. The SMILES string of the molecule is CC.CC.CC.CC(C)N1CCCC2(CCCN2C)CC1.CC1CCC(N(C)C(C)C)CC1. The molecule has 0 amide bonds. The zero-order valence-electron chi connectivity index (χ0n) is 25.6. The Morgan fingerprint density at radius 2 is 1.21 bits per heavy atom. The van der Waals surface area contributed by atoms with Crippen LogP contribution in [0.5, 0.6) is 0 Å². The molecule has 3 fully saturated rings. The maximum atomic E-state index is 2.65. The minimum absolute atomic E-state index is 0.573. The lowest BCUT2D eigenvalue weighted by Crippen LogP contribution is -2.42.